The molecule has 0 aromatic carbocycles. The van der Waals surface area contributed by atoms with Crippen molar-refractivity contribution in [1.82, 2.24) is 9.47 Å². The van der Waals surface area contributed by atoms with Crippen molar-refractivity contribution in [2.75, 3.05) is 20.1 Å². The molecule has 0 unspecified atom stereocenters. The molecule has 1 saturated heterocycles. The van der Waals surface area contributed by atoms with Gasteiger partial charge in [-0.3, -0.25) is 4.79 Å². The van der Waals surface area contributed by atoms with Gasteiger partial charge in [-0.05, 0) is 63.7 Å². The lowest BCUT2D eigenvalue weighted by atomic mass is 9.76. The number of aryl methyl sites for hydroxylation is 1. The van der Waals surface area contributed by atoms with Crippen LogP contribution < -0.4 is 0 Å². The summed E-state index contributed by atoms with van der Waals surface area (Å²) < 4.78 is 2.45. The highest BCUT2D eigenvalue weighted by Crippen LogP contribution is 2.37. The number of rotatable bonds is 2. The molecule has 1 aliphatic carbocycles. The van der Waals surface area contributed by atoms with Crippen molar-refractivity contribution < 1.29 is 4.79 Å². The number of likely N-dealkylation sites (tertiary alicyclic amines) is 1. The van der Waals surface area contributed by atoms with Crippen LogP contribution in [0.3, 0.4) is 0 Å². The van der Waals surface area contributed by atoms with Crippen LogP contribution in [0.15, 0.2) is 6.07 Å². The zero-order valence-electron chi connectivity index (χ0n) is 13.9. The molecule has 0 atom stereocenters. The molecule has 1 aliphatic heterocycles. The van der Waals surface area contributed by atoms with E-state index in [4.69, 9.17) is 0 Å². The zero-order valence-corrected chi connectivity index (χ0v) is 13.9. The number of hydrogen-bond acceptors (Lipinski definition) is 2. The summed E-state index contributed by atoms with van der Waals surface area (Å²) in [5.41, 5.74) is 3.68. The van der Waals surface area contributed by atoms with Gasteiger partial charge in [0.1, 0.15) is 0 Å². The van der Waals surface area contributed by atoms with Gasteiger partial charge in [-0.15, -0.1) is 0 Å². The number of Topliss-reactive ketones (excluding diaryl/α,β-unsaturated/α-hetero) is 1. The van der Waals surface area contributed by atoms with Crippen molar-refractivity contribution >= 4 is 5.78 Å². The Bertz CT molecular complexity index is 548. The number of carbonyl (C=O) groups excluding carboxylic acids is 1. The molecule has 0 bridgehead atoms. The molecule has 2 heterocycles. The Kier molecular flexibility index (Phi) is 3.73. The molecule has 1 aromatic heterocycles. The minimum absolute atomic E-state index is 0.111. The first-order valence-corrected chi connectivity index (χ1v) is 8.26. The number of hydrogen-bond donors (Lipinski definition) is 0. The van der Waals surface area contributed by atoms with Gasteiger partial charge in [0, 0.05) is 29.9 Å². The van der Waals surface area contributed by atoms with E-state index in [1.807, 2.05) is 0 Å². The highest BCUT2D eigenvalue weighted by molar-refractivity contribution is 5.99. The fraction of sp³-hybridized carbons (Fsp3) is 0.722. The maximum Gasteiger partial charge on any atom is 0.165 e. The predicted molar refractivity (Wildman–Crippen MR) is 85.8 cm³/mol. The van der Waals surface area contributed by atoms with E-state index in [1.165, 1.54) is 37.3 Å². The van der Waals surface area contributed by atoms with Gasteiger partial charge in [0.2, 0.25) is 0 Å². The SMILES string of the molecule is Cc1cc2c(n1CC1CCN(C)CC1)CC(C)(C)CC2=O. The van der Waals surface area contributed by atoms with Gasteiger partial charge in [-0.1, -0.05) is 13.8 Å². The van der Waals surface area contributed by atoms with Gasteiger partial charge in [-0.25, -0.2) is 0 Å². The third kappa shape index (κ3) is 2.94. The van der Waals surface area contributed by atoms with Crippen LogP contribution >= 0.6 is 0 Å². The van der Waals surface area contributed by atoms with E-state index < -0.39 is 0 Å². The Balaban J connectivity index is 1.85. The molecule has 21 heavy (non-hydrogen) atoms. The second-order valence-corrected chi connectivity index (χ2v) is 7.94. The summed E-state index contributed by atoms with van der Waals surface area (Å²) in [5, 5.41) is 0. The molecule has 3 heteroatoms. The number of aromatic nitrogens is 1. The maximum atomic E-state index is 12.4. The molecule has 116 valence electrons. The summed E-state index contributed by atoms with van der Waals surface area (Å²) in [5.74, 6) is 1.10. The quantitative estimate of drug-likeness (QED) is 0.834. The van der Waals surface area contributed by atoms with Crippen molar-refractivity contribution in [2.24, 2.45) is 11.3 Å². The van der Waals surface area contributed by atoms with E-state index in [9.17, 15) is 4.79 Å². The number of fused-ring (bicyclic) bond motifs is 1. The maximum absolute atomic E-state index is 12.4. The summed E-state index contributed by atoms with van der Waals surface area (Å²) in [6.07, 6.45) is 4.28. The van der Waals surface area contributed by atoms with Crippen LogP contribution in [0.25, 0.3) is 0 Å². The van der Waals surface area contributed by atoms with Crippen LogP contribution in [0, 0.1) is 18.3 Å². The summed E-state index contributed by atoms with van der Waals surface area (Å²) in [7, 11) is 2.21. The third-order valence-electron chi connectivity index (χ3n) is 5.28. The first kappa shape index (κ1) is 14.8. The van der Waals surface area contributed by atoms with Gasteiger partial charge >= 0.3 is 0 Å². The largest absolute Gasteiger partial charge is 0.348 e. The van der Waals surface area contributed by atoms with E-state index in [-0.39, 0.29) is 5.41 Å². The summed E-state index contributed by atoms with van der Waals surface area (Å²) >= 11 is 0. The van der Waals surface area contributed by atoms with Gasteiger partial charge in [0.25, 0.3) is 0 Å². The topological polar surface area (TPSA) is 25.2 Å². The first-order chi connectivity index (χ1) is 9.85. The fourth-order valence-electron chi connectivity index (χ4n) is 3.96. The molecule has 0 spiro atoms. The van der Waals surface area contributed by atoms with Crippen LogP contribution in [0.5, 0.6) is 0 Å². The minimum Gasteiger partial charge on any atom is -0.348 e. The normalized spacial score (nSPS) is 23.3. The Hall–Kier alpha value is -1.09. The van der Waals surface area contributed by atoms with E-state index in [2.05, 4.69) is 43.4 Å². The lowest BCUT2D eigenvalue weighted by Gasteiger charge is -2.33. The molecule has 2 aliphatic rings. The van der Waals surface area contributed by atoms with Crippen molar-refractivity contribution in [3.05, 3.63) is 23.0 Å². The molecule has 1 fully saturated rings. The van der Waals surface area contributed by atoms with Gasteiger partial charge in [-0.2, -0.15) is 0 Å². The second kappa shape index (κ2) is 5.28. The molecule has 3 nitrogen and oxygen atoms in total. The average molecular weight is 288 g/mol. The number of carbonyl (C=O) groups is 1. The van der Waals surface area contributed by atoms with Gasteiger partial charge in [0.15, 0.2) is 5.78 Å². The average Bonchev–Trinajstić information content (AvgIpc) is 2.69. The summed E-state index contributed by atoms with van der Waals surface area (Å²) in [4.78, 5) is 14.8. The Labute approximate surface area is 128 Å². The Morgan fingerprint density at radius 1 is 1.24 bits per heavy atom. The molecule has 0 N–H and O–H groups in total. The zero-order chi connectivity index (χ0) is 15.2. The number of piperidine rings is 1. The standard InChI is InChI=1S/C18H28N2O/c1-13-9-15-16(10-18(2,3)11-17(15)21)20(13)12-14-5-7-19(4)8-6-14/h9,14H,5-8,10-12H2,1-4H3. The van der Waals surface area contributed by atoms with E-state index in [0.29, 0.717) is 12.2 Å². The van der Waals surface area contributed by atoms with Crippen molar-refractivity contribution in [3.8, 4) is 0 Å². The summed E-state index contributed by atoms with van der Waals surface area (Å²) in [6.45, 7) is 10.1. The molecule has 3 rings (SSSR count). The molecule has 0 saturated carbocycles. The Morgan fingerprint density at radius 2 is 1.90 bits per heavy atom. The smallest absolute Gasteiger partial charge is 0.165 e. The van der Waals surface area contributed by atoms with Crippen LogP contribution in [0.2, 0.25) is 0 Å². The first-order valence-electron chi connectivity index (χ1n) is 8.26. The van der Waals surface area contributed by atoms with Crippen molar-refractivity contribution in [1.29, 1.82) is 0 Å². The predicted octanol–water partition coefficient (Wildman–Crippen LogP) is 3.29. The van der Waals surface area contributed by atoms with Gasteiger partial charge in [0.05, 0.1) is 0 Å². The van der Waals surface area contributed by atoms with Crippen LogP contribution in [0.4, 0.5) is 0 Å². The second-order valence-electron chi connectivity index (χ2n) is 7.94. The lowest BCUT2D eigenvalue weighted by molar-refractivity contribution is 0.0909. The fourth-order valence-corrected chi connectivity index (χ4v) is 3.96. The highest BCUT2D eigenvalue weighted by Gasteiger charge is 2.34. The minimum atomic E-state index is 0.111. The molecule has 0 amide bonds. The van der Waals surface area contributed by atoms with E-state index >= 15 is 0 Å². The number of ketones is 1. The van der Waals surface area contributed by atoms with Crippen molar-refractivity contribution in [2.45, 2.75) is 53.0 Å². The lowest BCUT2D eigenvalue weighted by Crippen LogP contribution is -2.33. The molecular weight excluding hydrogens is 260 g/mol. The molecule has 1 aromatic rings. The van der Waals surface area contributed by atoms with Crippen LogP contribution in [-0.4, -0.2) is 35.4 Å². The number of nitrogens with zero attached hydrogens (tertiary/aromatic N) is 2. The Morgan fingerprint density at radius 3 is 2.57 bits per heavy atom. The third-order valence-corrected chi connectivity index (χ3v) is 5.28. The van der Waals surface area contributed by atoms with Crippen LogP contribution in [0.1, 0.15) is 54.9 Å². The van der Waals surface area contributed by atoms with E-state index in [1.54, 1.807) is 0 Å². The summed E-state index contributed by atoms with van der Waals surface area (Å²) in [6, 6.07) is 2.13. The highest BCUT2D eigenvalue weighted by atomic mass is 16.1. The van der Waals surface area contributed by atoms with Crippen LogP contribution in [-0.2, 0) is 13.0 Å². The molecular formula is C18H28N2O. The monoisotopic (exact) mass is 288 g/mol. The van der Waals surface area contributed by atoms with E-state index in [0.717, 1.165) is 24.4 Å². The van der Waals surface area contributed by atoms with Crippen molar-refractivity contribution in [3.63, 3.8) is 0 Å². The van der Waals surface area contributed by atoms with Gasteiger partial charge < -0.3 is 9.47 Å². The molecule has 0 radical (unpaired) electrons.